The SMILES string of the molecule is CN(C)CCCNc1ncc2c(n1)-c1ccccc1C1(CCNCC1)C2. The molecule has 1 aliphatic heterocycles. The highest BCUT2D eigenvalue weighted by molar-refractivity contribution is 5.72. The minimum atomic E-state index is 0.249. The Morgan fingerprint density at radius 1 is 1.19 bits per heavy atom. The van der Waals surface area contributed by atoms with Crippen LogP contribution in [0.3, 0.4) is 0 Å². The zero-order valence-corrected chi connectivity index (χ0v) is 15.9. The lowest BCUT2D eigenvalue weighted by Gasteiger charge is -2.42. The fourth-order valence-corrected chi connectivity index (χ4v) is 4.41. The van der Waals surface area contributed by atoms with Crippen LogP contribution < -0.4 is 10.6 Å². The molecule has 0 bridgehead atoms. The number of nitrogens with one attached hydrogen (secondary N) is 2. The molecule has 1 fully saturated rings. The number of fused-ring (bicyclic) bond motifs is 4. The van der Waals surface area contributed by atoms with Crippen molar-refractivity contribution in [3.05, 3.63) is 41.6 Å². The lowest BCUT2D eigenvalue weighted by molar-refractivity contribution is 0.302. The van der Waals surface area contributed by atoms with Crippen molar-refractivity contribution in [3.8, 4) is 11.3 Å². The fraction of sp³-hybridized carbons (Fsp3) is 0.524. The molecule has 1 aromatic heterocycles. The second-order valence-electron chi connectivity index (χ2n) is 7.90. The van der Waals surface area contributed by atoms with Crippen molar-refractivity contribution in [1.29, 1.82) is 0 Å². The number of piperidine rings is 1. The number of hydrogen-bond donors (Lipinski definition) is 2. The van der Waals surface area contributed by atoms with Gasteiger partial charge in [0.05, 0.1) is 5.69 Å². The highest BCUT2D eigenvalue weighted by atomic mass is 15.1. The summed E-state index contributed by atoms with van der Waals surface area (Å²) in [6, 6.07) is 8.86. The van der Waals surface area contributed by atoms with Crippen LogP contribution in [-0.4, -0.2) is 55.1 Å². The third-order valence-corrected chi connectivity index (χ3v) is 5.77. The predicted molar refractivity (Wildman–Crippen MR) is 107 cm³/mol. The zero-order valence-electron chi connectivity index (χ0n) is 15.9. The maximum atomic E-state index is 4.90. The van der Waals surface area contributed by atoms with Gasteiger partial charge in [0.2, 0.25) is 5.95 Å². The van der Waals surface area contributed by atoms with Crippen molar-refractivity contribution in [2.45, 2.75) is 31.1 Å². The lowest BCUT2D eigenvalue weighted by Crippen LogP contribution is -2.43. The van der Waals surface area contributed by atoms with Crippen molar-refractivity contribution >= 4 is 5.95 Å². The average Bonchev–Trinajstić information content (AvgIpc) is 2.66. The second-order valence-corrected chi connectivity index (χ2v) is 7.90. The van der Waals surface area contributed by atoms with Gasteiger partial charge in [-0.25, -0.2) is 9.97 Å². The third-order valence-electron chi connectivity index (χ3n) is 5.77. The quantitative estimate of drug-likeness (QED) is 0.811. The molecule has 1 saturated heterocycles. The number of benzene rings is 1. The molecule has 5 nitrogen and oxygen atoms in total. The molecule has 26 heavy (non-hydrogen) atoms. The molecule has 2 N–H and O–H groups in total. The van der Waals surface area contributed by atoms with Gasteiger partial charge < -0.3 is 15.5 Å². The summed E-state index contributed by atoms with van der Waals surface area (Å²) in [6.45, 7) is 4.15. The average molecular weight is 351 g/mol. The van der Waals surface area contributed by atoms with Crippen LogP contribution in [0.2, 0.25) is 0 Å². The van der Waals surface area contributed by atoms with E-state index in [0.717, 1.165) is 50.7 Å². The van der Waals surface area contributed by atoms with Gasteiger partial charge in [0.1, 0.15) is 0 Å². The molecule has 0 amide bonds. The second kappa shape index (κ2) is 7.33. The Hall–Kier alpha value is -1.98. The van der Waals surface area contributed by atoms with Gasteiger partial charge >= 0.3 is 0 Å². The summed E-state index contributed by atoms with van der Waals surface area (Å²) in [5.74, 6) is 0.749. The molecule has 1 aromatic carbocycles. The molecule has 1 aliphatic carbocycles. The lowest BCUT2D eigenvalue weighted by atomic mass is 9.64. The van der Waals surface area contributed by atoms with Crippen LogP contribution in [0, 0.1) is 0 Å². The van der Waals surface area contributed by atoms with E-state index in [4.69, 9.17) is 4.98 Å². The first-order chi connectivity index (χ1) is 12.7. The molecular weight excluding hydrogens is 322 g/mol. The van der Waals surface area contributed by atoms with Crippen molar-refractivity contribution in [3.63, 3.8) is 0 Å². The highest BCUT2D eigenvalue weighted by Gasteiger charge is 2.40. The van der Waals surface area contributed by atoms with Gasteiger partial charge in [-0.15, -0.1) is 0 Å². The smallest absolute Gasteiger partial charge is 0.223 e. The number of nitrogens with zero attached hydrogens (tertiary/aromatic N) is 3. The maximum absolute atomic E-state index is 4.90. The zero-order chi connectivity index (χ0) is 18.0. The van der Waals surface area contributed by atoms with Gasteiger partial charge in [-0.2, -0.15) is 0 Å². The van der Waals surface area contributed by atoms with Gasteiger partial charge in [0, 0.05) is 23.7 Å². The van der Waals surface area contributed by atoms with Gasteiger partial charge in [-0.1, -0.05) is 24.3 Å². The van der Waals surface area contributed by atoms with E-state index >= 15 is 0 Å². The molecular formula is C21H29N5. The topological polar surface area (TPSA) is 53.1 Å². The van der Waals surface area contributed by atoms with Crippen molar-refractivity contribution in [2.75, 3.05) is 45.6 Å². The summed E-state index contributed by atoms with van der Waals surface area (Å²) in [5.41, 5.74) is 5.44. The first kappa shape index (κ1) is 17.4. The van der Waals surface area contributed by atoms with Crippen molar-refractivity contribution in [2.24, 2.45) is 0 Å². The Morgan fingerprint density at radius 3 is 2.81 bits per heavy atom. The van der Waals surface area contributed by atoms with Gasteiger partial charge in [0.25, 0.3) is 0 Å². The van der Waals surface area contributed by atoms with E-state index in [1.807, 2.05) is 0 Å². The van der Waals surface area contributed by atoms with Crippen LogP contribution >= 0.6 is 0 Å². The third kappa shape index (κ3) is 3.33. The van der Waals surface area contributed by atoms with Crippen LogP contribution in [0.1, 0.15) is 30.4 Å². The number of rotatable bonds is 5. The molecule has 0 saturated carbocycles. The molecule has 138 valence electrons. The summed E-state index contributed by atoms with van der Waals surface area (Å²) in [7, 11) is 4.20. The molecule has 0 radical (unpaired) electrons. The van der Waals surface area contributed by atoms with E-state index in [0.29, 0.717) is 0 Å². The first-order valence-electron chi connectivity index (χ1n) is 9.73. The van der Waals surface area contributed by atoms with Crippen molar-refractivity contribution in [1.82, 2.24) is 20.2 Å². The molecule has 2 aliphatic rings. The maximum Gasteiger partial charge on any atom is 0.223 e. The summed E-state index contributed by atoms with van der Waals surface area (Å²) in [4.78, 5) is 11.7. The number of hydrogen-bond acceptors (Lipinski definition) is 5. The molecule has 2 aromatic rings. The van der Waals surface area contributed by atoms with Crippen LogP contribution in [0.15, 0.2) is 30.5 Å². The standard InChI is InChI=1S/C21H29N5/c1-26(2)13-5-10-23-20-24-15-16-14-21(8-11-22-12-9-21)18-7-4-3-6-17(18)19(16)25-20/h3-4,6-7,15,22H,5,8-14H2,1-2H3,(H,23,24,25). The Kier molecular flexibility index (Phi) is 4.92. The number of aromatic nitrogens is 2. The minimum Gasteiger partial charge on any atom is -0.354 e. The van der Waals surface area contributed by atoms with E-state index < -0.39 is 0 Å². The largest absolute Gasteiger partial charge is 0.354 e. The number of anilines is 1. The molecule has 5 heteroatoms. The van der Waals surface area contributed by atoms with Gasteiger partial charge in [0.15, 0.2) is 0 Å². The summed E-state index contributed by atoms with van der Waals surface area (Å²) in [5, 5.41) is 6.91. The first-order valence-corrected chi connectivity index (χ1v) is 9.73. The normalized spacial score (nSPS) is 17.8. The van der Waals surface area contributed by atoms with Crippen molar-refractivity contribution < 1.29 is 0 Å². The fourth-order valence-electron chi connectivity index (χ4n) is 4.41. The highest BCUT2D eigenvalue weighted by Crippen LogP contribution is 2.46. The van der Waals surface area contributed by atoms with E-state index in [1.165, 1.54) is 29.5 Å². The molecule has 0 unspecified atom stereocenters. The van der Waals surface area contributed by atoms with Crippen LogP contribution in [0.5, 0.6) is 0 Å². The van der Waals surface area contributed by atoms with Crippen LogP contribution in [0.25, 0.3) is 11.3 Å². The van der Waals surface area contributed by atoms with E-state index in [-0.39, 0.29) is 5.41 Å². The van der Waals surface area contributed by atoms with Crippen LogP contribution in [-0.2, 0) is 11.8 Å². The minimum absolute atomic E-state index is 0.249. The Labute approximate surface area is 156 Å². The van der Waals surface area contributed by atoms with Gasteiger partial charge in [-0.3, -0.25) is 0 Å². The van der Waals surface area contributed by atoms with E-state index in [2.05, 4.69) is 65.1 Å². The summed E-state index contributed by atoms with van der Waals surface area (Å²) >= 11 is 0. The molecule has 1 spiro atoms. The van der Waals surface area contributed by atoms with Gasteiger partial charge in [-0.05, 0) is 70.5 Å². The monoisotopic (exact) mass is 351 g/mol. The Morgan fingerprint density at radius 2 is 2.00 bits per heavy atom. The molecule has 0 atom stereocenters. The summed E-state index contributed by atoms with van der Waals surface area (Å²) in [6.07, 6.45) is 6.57. The summed E-state index contributed by atoms with van der Waals surface area (Å²) < 4.78 is 0. The van der Waals surface area contributed by atoms with Crippen LogP contribution in [0.4, 0.5) is 5.95 Å². The van der Waals surface area contributed by atoms with E-state index in [1.54, 1.807) is 0 Å². The van der Waals surface area contributed by atoms with E-state index in [9.17, 15) is 0 Å². The Balaban J connectivity index is 1.61. The Bertz CT molecular complexity index is 765. The molecule has 2 heterocycles. The molecule has 4 rings (SSSR count). The predicted octanol–water partition coefficient (Wildman–Crippen LogP) is 2.68.